The van der Waals surface area contributed by atoms with Crippen molar-refractivity contribution in [2.75, 3.05) is 18.5 Å². The minimum absolute atomic E-state index is 0.0536. The molecule has 1 aromatic heterocycles. The lowest BCUT2D eigenvalue weighted by Crippen LogP contribution is -2.20. The van der Waals surface area contributed by atoms with E-state index in [0.29, 0.717) is 18.1 Å². The lowest BCUT2D eigenvalue weighted by molar-refractivity contribution is -0.384. The topological polar surface area (TPSA) is 93.2 Å². The predicted octanol–water partition coefficient (Wildman–Crippen LogP) is 2.26. The molecular weight excluding hydrogens is 260 g/mol. The van der Waals surface area contributed by atoms with Gasteiger partial charge in [-0.1, -0.05) is 0 Å². The molecular formula is C13H22N4O3. The summed E-state index contributed by atoms with van der Waals surface area (Å²) in [4.78, 5) is 10.8. The molecule has 0 bridgehead atoms. The highest BCUT2D eigenvalue weighted by atomic mass is 16.6. The van der Waals surface area contributed by atoms with E-state index in [2.05, 4.69) is 10.4 Å². The van der Waals surface area contributed by atoms with E-state index in [0.717, 1.165) is 19.3 Å². The first-order chi connectivity index (χ1) is 9.40. The number of nitrogens with zero attached hydrogens (tertiary/aromatic N) is 3. The molecule has 20 heavy (non-hydrogen) atoms. The van der Waals surface area contributed by atoms with E-state index in [1.807, 2.05) is 13.8 Å². The minimum atomic E-state index is -0.380. The summed E-state index contributed by atoms with van der Waals surface area (Å²) in [5.41, 5.74) is 0.583. The first kappa shape index (κ1) is 14.8. The smallest absolute Gasteiger partial charge is 0.333 e. The molecule has 0 atom stereocenters. The standard InChI is InChI=1S/C13H22N4O3/c1-9(2)16-12(11(17(19)20)10(3)15-16)14-8-13(4-5-13)6-7-18/h9,14,18H,4-8H2,1-3H3. The lowest BCUT2D eigenvalue weighted by atomic mass is 10.0. The molecule has 1 aliphatic carbocycles. The number of nitro groups is 1. The largest absolute Gasteiger partial charge is 0.396 e. The van der Waals surface area contributed by atoms with Gasteiger partial charge in [-0.05, 0) is 45.4 Å². The molecule has 2 rings (SSSR count). The number of hydrogen-bond donors (Lipinski definition) is 2. The number of hydrogen-bond acceptors (Lipinski definition) is 5. The Morgan fingerprint density at radius 2 is 2.20 bits per heavy atom. The number of aryl methyl sites for hydroxylation is 1. The normalized spacial score (nSPS) is 16.4. The highest BCUT2D eigenvalue weighted by Crippen LogP contribution is 2.49. The van der Waals surface area contributed by atoms with Crippen molar-refractivity contribution in [1.82, 2.24) is 9.78 Å². The van der Waals surface area contributed by atoms with Crippen LogP contribution in [-0.4, -0.2) is 33.0 Å². The van der Waals surface area contributed by atoms with Crippen LogP contribution in [0.1, 0.15) is 44.8 Å². The van der Waals surface area contributed by atoms with Gasteiger partial charge in [0.15, 0.2) is 0 Å². The van der Waals surface area contributed by atoms with E-state index in [-0.39, 0.29) is 28.7 Å². The zero-order chi connectivity index (χ0) is 14.9. The first-order valence-electron chi connectivity index (χ1n) is 6.98. The Bertz CT molecular complexity index is 506. The fraction of sp³-hybridized carbons (Fsp3) is 0.769. The molecule has 7 nitrogen and oxygen atoms in total. The van der Waals surface area contributed by atoms with Gasteiger partial charge in [-0.3, -0.25) is 10.1 Å². The summed E-state index contributed by atoms with van der Waals surface area (Å²) in [5.74, 6) is 0.478. The van der Waals surface area contributed by atoms with Crippen molar-refractivity contribution < 1.29 is 10.0 Å². The predicted molar refractivity (Wildman–Crippen MR) is 75.9 cm³/mol. The minimum Gasteiger partial charge on any atom is -0.396 e. The summed E-state index contributed by atoms with van der Waals surface area (Å²) in [5, 5.41) is 27.8. The van der Waals surface area contributed by atoms with E-state index >= 15 is 0 Å². The number of aliphatic hydroxyl groups is 1. The third kappa shape index (κ3) is 2.77. The summed E-state index contributed by atoms with van der Waals surface area (Å²) in [7, 11) is 0. The maximum Gasteiger partial charge on any atom is 0.333 e. The van der Waals surface area contributed by atoms with Crippen LogP contribution in [0.5, 0.6) is 0 Å². The van der Waals surface area contributed by atoms with Gasteiger partial charge in [0.05, 0.1) is 4.92 Å². The summed E-state index contributed by atoms with van der Waals surface area (Å²) in [6.07, 6.45) is 2.86. The monoisotopic (exact) mass is 282 g/mol. The molecule has 0 unspecified atom stereocenters. The highest BCUT2D eigenvalue weighted by Gasteiger charge is 2.42. The van der Waals surface area contributed by atoms with Gasteiger partial charge < -0.3 is 10.4 Å². The number of aliphatic hydroxyl groups excluding tert-OH is 1. The summed E-state index contributed by atoms with van der Waals surface area (Å²) in [6, 6.07) is 0.0536. The first-order valence-corrected chi connectivity index (χ1v) is 6.98. The second-order valence-corrected chi connectivity index (χ2v) is 5.91. The molecule has 1 saturated carbocycles. The SMILES string of the molecule is Cc1nn(C(C)C)c(NCC2(CCO)CC2)c1[N+](=O)[O-]. The van der Waals surface area contributed by atoms with Crippen LogP contribution in [0.4, 0.5) is 11.5 Å². The lowest BCUT2D eigenvalue weighted by Gasteiger charge is -2.17. The van der Waals surface area contributed by atoms with E-state index in [1.165, 1.54) is 0 Å². The average molecular weight is 282 g/mol. The molecule has 0 aromatic carbocycles. The van der Waals surface area contributed by atoms with Gasteiger partial charge in [0.25, 0.3) is 0 Å². The van der Waals surface area contributed by atoms with Crippen LogP contribution in [0, 0.1) is 22.5 Å². The Kier molecular flexibility index (Phi) is 3.99. The van der Waals surface area contributed by atoms with Crippen LogP contribution in [0.15, 0.2) is 0 Å². The molecule has 0 saturated heterocycles. The zero-order valence-corrected chi connectivity index (χ0v) is 12.2. The van der Waals surface area contributed by atoms with E-state index in [1.54, 1.807) is 11.6 Å². The molecule has 0 spiro atoms. The van der Waals surface area contributed by atoms with Crippen LogP contribution < -0.4 is 5.32 Å². The van der Waals surface area contributed by atoms with Crippen molar-refractivity contribution in [2.24, 2.45) is 5.41 Å². The van der Waals surface area contributed by atoms with Gasteiger partial charge >= 0.3 is 5.69 Å². The Morgan fingerprint density at radius 1 is 1.55 bits per heavy atom. The van der Waals surface area contributed by atoms with Crippen molar-refractivity contribution in [3.05, 3.63) is 15.8 Å². The van der Waals surface area contributed by atoms with Crippen molar-refractivity contribution in [2.45, 2.75) is 46.1 Å². The van der Waals surface area contributed by atoms with Gasteiger partial charge in [0.2, 0.25) is 5.82 Å². The van der Waals surface area contributed by atoms with Crippen LogP contribution in [0.2, 0.25) is 0 Å². The number of rotatable bonds is 7. The molecule has 1 fully saturated rings. The molecule has 1 aromatic rings. The Hall–Kier alpha value is -1.63. The van der Waals surface area contributed by atoms with Gasteiger partial charge in [0, 0.05) is 19.2 Å². The molecule has 0 aliphatic heterocycles. The second kappa shape index (κ2) is 5.40. The molecule has 2 N–H and O–H groups in total. The fourth-order valence-electron chi connectivity index (χ4n) is 2.50. The van der Waals surface area contributed by atoms with E-state index < -0.39 is 0 Å². The van der Waals surface area contributed by atoms with Crippen molar-refractivity contribution in [3.63, 3.8) is 0 Å². The molecule has 7 heteroatoms. The van der Waals surface area contributed by atoms with Crippen LogP contribution in [0.3, 0.4) is 0 Å². The third-order valence-electron chi connectivity index (χ3n) is 3.96. The van der Waals surface area contributed by atoms with Crippen LogP contribution >= 0.6 is 0 Å². The molecule has 1 heterocycles. The van der Waals surface area contributed by atoms with Crippen molar-refractivity contribution in [1.29, 1.82) is 0 Å². The molecule has 0 radical (unpaired) electrons. The second-order valence-electron chi connectivity index (χ2n) is 5.91. The van der Waals surface area contributed by atoms with Crippen LogP contribution in [-0.2, 0) is 0 Å². The summed E-state index contributed by atoms with van der Waals surface area (Å²) in [6.45, 7) is 6.35. The quantitative estimate of drug-likeness (QED) is 0.591. The van der Waals surface area contributed by atoms with Gasteiger partial charge in [-0.2, -0.15) is 5.10 Å². The van der Waals surface area contributed by atoms with Gasteiger partial charge in [-0.15, -0.1) is 0 Å². The summed E-state index contributed by atoms with van der Waals surface area (Å²) >= 11 is 0. The fourth-order valence-corrected chi connectivity index (χ4v) is 2.50. The Labute approximate surface area is 118 Å². The van der Waals surface area contributed by atoms with E-state index in [9.17, 15) is 10.1 Å². The van der Waals surface area contributed by atoms with Gasteiger partial charge in [0.1, 0.15) is 5.69 Å². The number of aromatic nitrogens is 2. The zero-order valence-electron chi connectivity index (χ0n) is 12.2. The molecule has 0 amide bonds. The average Bonchev–Trinajstić information content (AvgIpc) is 3.02. The van der Waals surface area contributed by atoms with Crippen LogP contribution in [0.25, 0.3) is 0 Å². The summed E-state index contributed by atoms with van der Waals surface area (Å²) < 4.78 is 1.67. The molecule has 1 aliphatic rings. The van der Waals surface area contributed by atoms with Crippen molar-refractivity contribution >= 4 is 11.5 Å². The Morgan fingerprint density at radius 3 is 2.65 bits per heavy atom. The highest BCUT2D eigenvalue weighted by molar-refractivity contribution is 5.60. The molecule has 112 valence electrons. The van der Waals surface area contributed by atoms with E-state index in [4.69, 9.17) is 5.11 Å². The third-order valence-corrected chi connectivity index (χ3v) is 3.96. The van der Waals surface area contributed by atoms with Gasteiger partial charge in [-0.25, -0.2) is 4.68 Å². The Balaban J connectivity index is 2.23. The maximum absolute atomic E-state index is 11.2. The van der Waals surface area contributed by atoms with Crippen molar-refractivity contribution in [3.8, 4) is 0 Å². The number of nitrogens with one attached hydrogen (secondary N) is 1. The maximum atomic E-state index is 11.2. The number of anilines is 1.